The molecule has 7 aromatic carbocycles. The summed E-state index contributed by atoms with van der Waals surface area (Å²) >= 11 is 0.216. The van der Waals surface area contributed by atoms with Gasteiger partial charge in [-0.3, -0.25) is 0 Å². The van der Waals surface area contributed by atoms with Crippen LogP contribution in [0.5, 0.6) is 0 Å². The third-order valence-corrected chi connectivity index (χ3v) is 10.8. The molecule has 0 bridgehead atoms. The Morgan fingerprint density at radius 2 is 1.05 bits per heavy atom. The van der Waals surface area contributed by atoms with Crippen molar-refractivity contribution >= 4 is 77.1 Å². The van der Waals surface area contributed by atoms with Crippen molar-refractivity contribution in [1.82, 2.24) is 9.97 Å². The molecule has 0 aliphatic carbocycles. The van der Waals surface area contributed by atoms with E-state index in [1.165, 1.54) is 57.2 Å². The van der Waals surface area contributed by atoms with Crippen molar-refractivity contribution in [2.45, 2.75) is 0 Å². The number of rotatable bonds is 2. The van der Waals surface area contributed by atoms with Crippen molar-refractivity contribution in [1.29, 1.82) is 0 Å². The number of fused-ring (bicyclic) bond motifs is 9. The minimum atomic E-state index is 0.216. The molecule has 0 N–H and O–H groups in total. The monoisotopic (exact) mass is 586 g/mol. The van der Waals surface area contributed by atoms with E-state index in [0.717, 1.165) is 28.0 Å². The summed E-state index contributed by atoms with van der Waals surface area (Å²) in [7, 11) is 0. The van der Waals surface area contributed by atoms with Crippen LogP contribution < -0.4 is 0 Å². The van der Waals surface area contributed by atoms with Gasteiger partial charge in [0.25, 0.3) is 0 Å². The molecule has 2 heterocycles. The van der Waals surface area contributed by atoms with Crippen LogP contribution in [0.25, 0.3) is 85.2 Å². The predicted molar refractivity (Wildman–Crippen MR) is 175 cm³/mol. The van der Waals surface area contributed by atoms with Crippen LogP contribution in [-0.4, -0.2) is 24.5 Å². The molecule has 0 fully saturated rings. The van der Waals surface area contributed by atoms with Gasteiger partial charge in [-0.1, -0.05) is 6.07 Å². The third-order valence-electron chi connectivity index (χ3n) is 8.25. The number of hydrogen-bond donors (Lipinski definition) is 0. The molecule has 0 amide bonds. The predicted octanol–water partition coefficient (Wildman–Crippen LogP) is 9.79. The topological polar surface area (TPSA) is 25.8 Å². The first kappa shape index (κ1) is 22.9. The summed E-state index contributed by atoms with van der Waals surface area (Å²) in [5.74, 6) is 0. The van der Waals surface area contributed by atoms with Crippen LogP contribution in [0.15, 0.2) is 133 Å². The van der Waals surface area contributed by atoms with Crippen molar-refractivity contribution < 1.29 is 0 Å². The van der Waals surface area contributed by atoms with Crippen molar-refractivity contribution in [3.05, 3.63) is 133 Å². The molecule has 9 rings (SSSR count). The Balaban J connectivity index is 1.36. The Kier molecular flexibility index (Phi) is 4.95. The van der Waals surface area contributed by atoms with Gasteiger partial charge in [0.2, 0.25) is 0 Å². The van der Waals surface area contributed by atoms with Gasteiger partial charge in [0.15, 0.2) is 0 Å². The molecule has 41 heavy (non-hydrogen) atoms. The van der Waals surface area contributed by atoms with E-state index in [-0.39, 0.29) is 14.5 Å². The average molecular weight is 586 g/mol. The van der Waals surface area contributed by atoms with Crippen molar-refractivity contribution in [3.8, 4) is 22.5 Å². The number of hydrogen-bond acceptors (Lipinski definition) is 2. The fourth-order valence-electron chi connectivity index (χ4n) is 6.29. The Morgan fingerprint density at radius 1 is 0.415 bits per heavy atom. The standard InChI is InChI=1S/C38H22N2Se/c1-2-9-26-23(8-1)18-21-28-27(26)20-19-24-16-17-25(22-32(24)28)36-37(40-34-14-5-4-13-33(34)39-36)31-12-7-11-30-29-10-3-6-15-35(29)41-38(30)31/h1-22H. The van der Waals surface area contributed by atoms with Gasteiger partial charge in [-0.05, 0) is 0 Å². The SMILES string of the molecule is c1ccc2c(c1)ccc1c3cc(-c4nc5ccccc5nc4-c4cccc5c4[se]c4ccccc45)ccc3ccc21. The normalized spacial score (nSPS) is 11.9. The molecule has 0 aliphatic rings. The average Bonchev–Trinajstić information content (AvgIpc) is 3.42. The van der Waals surface area contributed by atoms with Gasteiger partial charge in [0, 0.05) is 0 Å². The van der Waals surface area contributed by atoms with Crippen LogP contribution in [0.4, 0.5) is 0 Å². The molecular formula is C38H22N2Se. The number of para-hydroxylation sites is 2. The summed E-state index contributed by atoms with van der Waals surface area (Å²) in [4.78, 5) is 10.6. The number of aromatic nitrogens is 2. The van der Waals surface area contributed by atoms with E-state index >= 15 is 0 Å². The van der Waals surface area contributed by atoms with E-state index in [2.05, 4.69) is 121 Å². The zero-order valence-electron chi connectivity index (χ0n) is 22.0. The van der Waals surface area contributed by atoms with E-state index in [0.29, 0.717) is 0 Å². The third kappa shape index (κ3) is 3.50. The van der Waals surface area contributed by atoms with Gasteiger partial charge in [-0.15, -0.1) is 0 Å². The van der Waals surface area contributed by atoms with Crippen LogP contribution in [-0.2, 0) is 0 Å². The second-order valence-corrected chi connectivity index (χ2v) is 12.8. The van der Waals surface area contributed by atoms with Gasteiger partial charge < -0.3 is 0 Å². The van der Waals surface area contributed by atoms with Crippen LogP contribution in [0.3, 0.4) is 0 Å². The fourth-order valence-corrected chi connectivity index (χ4v) is 8.84. The fraction of sp³-hybridized carbons (Fsp3) is 0. The molecule has 0 atom stereocenters. The molecule has 0 radical (unpaired) electrons. The van der Waals surface area contributed by atoms with E-state index < -0.39 is 0 Å². The second-order valence-electron chi connectivity index (χ2n) is 10.6. The maximum atomic E-state index is 5.29. The summed E-state index contributed by atoms with van der Waals surface area (Å²) in [6.45, 7) is 0. The molecule has 9 aromatic rings. The summed E-state index contributed by atoms with van der Waals surface area (Å²) in [5, 5.41) is 10.2. The zero-order chi connectivity index (χ0) is 26.9. The Bertz CT molecular complexity index is 2490. The van der Waals surface area contributed by atoms with Crippen molar-refractivity contribution in [2.75, 3.05) is 0 Å². The van der Waals surface area contributed by atoms with Gasteiger partial charge in [0.1, 0.15) is 0 Å². The molecule has 0 saturated carbocycles. The molecule has 0 saturated heterocycles. The van der Waals surface area contributed by atoms with E-state index in [1.807, 2.05) is 12.1 Å². The number of benzene rings is 7. The van der Waals surface area contributed by atoms with Crippen LogP contribution in [0, 0.1) is 0 Å². The molecule has 0 unspecified atom stereocenters. The van der Waals surface area contributed by atoms with Crippen molar-refractivity contribution in [3.63, 3.8) is 0 Å². The van der Waals surface area contributed by atoms with Crippen LogP contribution in [0.1, 0.15) is 0 Å². The molecule has 3 heteroatoms. The van der Waals surface area contributed by atoms with E-state index in [9.17, 15) is 0 Å². The molecule has 2 aromatic heterocycles. The first-order valence-corrected chi connectivity index (χ1v) is 15.6. The van der Waals surface area contributed by atoms with E-state index in [1.54, 1.807) is 0 Å². The van der Waals surface area contributed by atoms with Crippen molar-refractivity contribution in [2.24, 2.45) is 0 Å². The molecule has 2 nitrogen and oxygen atoms in total. The number of nitrogens with zero attached hydrogens (tertiary/aromatic N) is 2. The van der Waals surface area contributed by atoms with E-state index in [4.69, 9.17) is 9.97 Å². The molecular weight excluding hydrogens is 563 g/mol. The zero-order valence-corrected chi connectivity index (χ0v) is 23.7. The summed E-state index contributed by atoms with van der Waals surface area (Å²) in [6, 6.07) is 48.1. The van der Waals surface area contributed by atoms with Crippen LogP contribution in [0.2, 0.25) is 0 Å². The second kappa shape index (κ2) is 8.84. The summed E-state index contributed by atoms with van der Waals surface area (Å²) in [5.41, 5.74) is 6.01. The Labute approximate surface area is 242 Å². The maximum absolute atomic E-state index is 5.29. The first-order valence-electron chi connectivity index (χ1n) is 13.8. The summed E-state index contributed by atoms with van der Waals surface area (Å²) < 4.78 is 2.83. The Hall–Kier alpha value is -4.82. The summed E-state index contributed by atoms with van der Waals surface area (Å²) in [6.07, 6.45) is 0. The quantitative estimate of drug-likeness (QED) is 0.149. The van der Waals surface area contributed by atoms with Gasteiger partial charge >= 0.3 is 237 Å². The Morgan fingerprint density at radius 3 is 1.90 bits per heavy atom. The van der Waals surface area contributed by atoms with Gasteiger partial charge in [-0.25, -0.2) is 0 Å². The molecule has 0 spiro atoms. The van der Waals surface area contributed by atoms with Gasteiger partial charge in [0.05, 0.1) is 0 Å². The van der Waals surface area contributed by atoms with Gasteiger partial charge in [-0.2, -0.15) is 0 Å². The molecule has 0 aliphatic heterocycles. The van der Waals surface area contributed by atoms with Crippen LogP contribution >= 0.6 is 0 Å². The first-order chi connectivity index (χ1) is 20.3. The molecule has 190 valence electrons. The minimum absolute atomic E-state index is 0.216.